The summed E-state index contributed by atoms with van der Waals surface area (Å²) < 4.78 is 5.43. The zero-order valence-corrected chi connectivity index (χ0v) is 17.6. The van der Waals surface area contributed by atoms with E-state index in [0.717, 1.165) is 43.4 Å². The summed E-state index contributed by atoms with van der Waals surface area (Å²) in [7, 11) is 0. The standard InChI is InChI=1S/C26H30N2O2/c1-2-3-7-21-10-11-25-23(18-21)24(19-26(29)30-25)27-22-13-16-28(17-14-22)15-12-20-8-5-4-6-9-20/h4-6,8-12,15,18-19,22,27H,2-3,7,13-14,16-17H2,1H3/b15-12+. The first-order chi connectivity index (χ1) is 14.7. The number of rotatable bonds is 7. The SMILES string of the molecule is CCCCc1ccc2oc(=O)cc(NC3CCN(/C=C/c4ccccc4)CC3)c2c1. The van der Waals surface area contributed by atoms with E-state index in [4.69, 9.17) is 4.42 Å². The van der Waals surface area contributed by atoms with Gasteiger partial charge in [0.15, 0.2) is 0 Å². The number of hydrogen-bond donors (Lipinski definition) is 1. The second-order valence-corrected chi connectivity index (χ2v) is 8.09. The van der Waals surface area contributed by atoms with Gasteiger partial charge in [0.05, 0.1) is 5.69 Å². The summed E-state index contributed by atoms with van der Waals surface area (Å²) in [5, 5.41) is 4.64. The molecule has 1 aromatic heterocycles. The maximum absolute atomic E-state index is 12.1. The van der Waals surface area contributed by atoms with Gasteiger partial charge in [-0.3, -0.25) is 0 Å². The number of likely N-dealkylation sites (tertiary alicyclic amines) is 1. The molecule has 1 N–H and O–H groups in total. The minimum atomic E-state index is -0.297. The minimum absolute atomic E-state index is 0.297. The molecule has 4 nitrogen and oxygen atoms in total. The molecule has 0 saturated carbocycles. The third-order valence-electron chi connectivity index (χ3n) is 5.79. The van der Waals surface area contributed by atoms with Crippen LogP contribution in [0.15, 0.2) is 70.0 Å². The molecule has 0 unspecified atom stereocenters. The highest BCUT2D eigenvalue weighted by molar-refractivity contribution is 5.90. The Morgan fingerprint density at radius 1 is 1.10 bits per heavy atom. The van der Waals surface area contributed by atoms with E-state index < -0.39 is 0 Å². The normalized spacial score (nSPS) is 15.2. The molecule has 0 spiro atoms. The molecule has 0 amide bonds. The summed E-state index contributed by atoms with van der Waals surface area (Å²) in [5.74, 6) is 0. The van der Waals surface area contributed by atoms with Crippen LogP contribution in [-0.4, -0.2) is 24.0 Å². The van der Waals surface area contributed by atoms with E-state index in [1.54, 1.807) is 6.07 Å². The Morgan fingerprint density at radius 2 is 1.90 bits per heavy atom. The first kappa shape index (κ1) is 20.3. The van der Waals surface area contributed by atoms with Gasteiger partial charge in [-0.05, 0) is 61.2 Å². The van der Waals surface area contributed by atoms with Crippen molar-refractivity contribution >= 4 is 22.7 Å². The zero-order chi connectivity index (χ0) is 20.8. The number of unbranched alkanes of at least 4 members (excludes halogenated alkanes) is 1. The van der Waals surface area contributed by atoms with Crippen molar-refractivity contribution < 1.29 is 4.42 Å². The number of anilines is 1. The predicted molar refractivity (Wildman–Crippen MR) is 125 cm³/mol. The molecule has 0 radical (unpaired) electrons. The molecule has 1 saturated heterocycles. The van der Waals surface area contributed by atoms with Gasteiger partial charge in [-0.1, -0.05) is 49.7 Å². The quantitative estimate of drug-likeness (QED) is 0.516. The Balaban J connectivity index is 1.43. The topological polar surface area (TPSA) is 45.5 Å². The van der Waals surface area contributed by atoms with E-state index in [0.29, 0.717) is 11.6 Å². The summed E-state index contributed by atoms with van der Waals surface area (Å²) in [4.78, 5) is 14.4. The highest BCUT2D eigenvalue weighted by Gasteiger charge is 2.18. The van der Waals surface area contributed by atoms with Gasteiger partial charge in [0, 0.05) is 30.6 Å². The first-order valence-electron chi connectivity index (χ1n) is 11.0. The van der Waals surface area contributed by atoms with Crippen LogP contribution < -0.4 is 10.9 Å². The van der Waals surface area contributed by atoms with Gasteiger partial charge in [0.25, 0.3) is 0 Å². The molecule has 4 rings (SSSR count). The lowest BCUT2D eigenvalue weighted by atomic mass is 10.0. The summed E-state index contributed by atoms with van der Waals surface area (Å²) in [6.07, 6.45) is 9.83. The van der Waals surface area contributed by atoms with Crippen LogP contribution in [0, 0.1) is 0 Å². The van der Waals surface area contributed by atoms with Crippen LogP contribution in [0.1, 0.15) is 43.7 Å². The van der Waals surface area contributed by atoms with Crippen LogP contribution >= 0.6 is 0 Å². The fraction of sp³-hybridized carbons (Fsp3) is 0.346. The molecule has 3 aromatic rings. The van der Waals surface area contributed by atoms with E-state index >= 15 is 0 Å². The van der Waals surface area contributed by atoms with Gasteiger partial charge in [-0.2, -0.15) is 0 Å². The third kappa shape index (κ3) is 5.12. The fourth-order valence-electron chi connectivity index (χ4n) is 4.03. The summed E-state index contributed by atoms with van der Waals surface area (Å²) >= 11 is 0. The number of aryl methyl sites for hydroxylation is 1. The molecular formula is C26H30N2O2. The van der Waals surface area contributed by atoms with E-state index in [1.165, 1.54) is 24.0 Å². The van der Waals surface area contributed by atoms with E-state index in [-0.39, 0.29) is 5.63 Å². The van der Waals surface area contributed by atoms with Crippen LogP contribution in [0.25, 0.3) is 17.0 Å². The lowest BCUT2D eigenvalue weighted by molar-refractivity contribution is 0.295. The lowest BCUT2D eigenvalue weighted by Gasteiger charge is -2.32. The average Bonchev–Trinajstić information content (AvgIpc) is 2.78. The lowest BCUT2D eigenvalue weighted by Crippen LogP contribution is -2.36. The molecule has 0 atom stereocenters. The predicted octanol–water partition coefficient (Wildman–Crippen LogP) is 5.68. The molecule has 30 heavy (non-hydrogen) atoms. The fourth-order valence-corrected chi connectivity index (χ4v) is 4.03. The van der Waals surface area contributed by atoms with Crippen molar-refractivity contribution in [3.8, 4) is 0 Å². The number of benzene rings is 2. The number of nitrogens with zero attached hydrogens (tertiary/aromatic N) is 1. The summed E-state index contributed by atoms with van der Waals surface area (Å²) in [6, 6.07) is 18.5. The van der Waals surface area contributed by atoms with Crippen molar-refractivity contribution in [1.82, 2.24) is 4.90 Å². The number of piperidine rings is 1. The largest absolute Gasteiger partial charge is 0.423 e. The Labute approximate surface area is 178 Å². The molecule has 156 valence electrons. The molecule has 1 fully saturated rings. The third-order valence-corrected chi connectivity index (χ3v) is 5.79. The van der Waals surface area contributed by atoms with Crippen molar-refractivity contribution in [3.05, 3.63) is 82.3 Å². The summed E-state index contributed by atoms with van der Waals surface area (Å²) in [6.45, 7) is 4.21. The highest BCUT2D eigenvalue weighted by atomic mass is 16.4. The van der Waals surface area contributed by atoms with Crippen molar-refractivity contribution in [2.75, 3.05) is 18.4 Å². The van der Waals surface area contributed by atoms with Crippen LogP contribution in [-0.2, 0) is 6.42 Å². The average molecular weight is 403 g/mol. The van der Waals surface area contributed by atoms with E-state index in [2.05, 4.69) is 65.8 Å². The molecule has 0 aliphatic carbocycles. The molecule has 2 heterocycles. The molecular weight excluding hydrogens is 372 g/mol. The van der Waals surface area contributed by atoms with Crippen LogP contribution in [0.5, 0.6) is 0 Å². The van der Waals surface area contributed by atoms with Gasteiger partial charge < -0.3 is 14.6 Å². The van der Waals surface area contributed by atoms with Gasteiger partial charge >= 0.3 is 5.63 Å². The molecule has 4 heteroatoms. The Hall–Kier alpha value is -3.01. The molecule has 0 bridgehead atoms. The maximum atomic E-state index is 12.1. The number of fused-ring (bicyclic) bond motifs is 1. The van der Waals surface area contributed by atoms with Crippen LogP contribution in [0.4, 0.5) is 5.69 Å². The first-order valence-corrected chi connectivity index (χ1v) is 11.0. The molecule has 1 aliphatic rings. The number of hydrogen-bond acceptors (Lipinski definition) is 4. The smallest absolute Gasteiger partial charge is 0.338 e. The summed E-state index contributed by atoms with van der Waals surface area (Å²) in [5.41, 5.74) is 3.78. The number of nitrogens with one attached hydrogen (secondary N) is 1. The zero-order valence-electron chi connectivity index (χ0n) is 17.6. The Bertz CT molecular complexity index is 1050. The molecule has 1 aliphatic heterocycles. The van der Waals surface area contributed by atoms with Crippen molar-refractivity contribution in [2.24, 2.45) is 0 Å². The van der Waals surface area contributed by atoms with Crippen molar-refractivity contribution in [3.63, 3.8) is 0 Å². The second kappa shape index (κ2) is 9.66. The van der Waals surface area contributed by atoms with Crippen molar-refractivity contribution in [2.45, 2.75) is 45.1 Å². The monoisotopic (exact) mass is 402 g/mol. The van der Waals surface area contributed by atoms with E-state index in [9.17, 15) is 4.79 Å². The van der Waals surface area contributed by atoms with Gasteiger partial charge in [-0.15, -0.1) is 0 Å². The van der Waals surface area contributed by atoms with Gasteiger partial charge in [0.2, 0.25) is 0 Å². The van der Waals surface area contributed by atoms with Gasteiger partial charge in [0.1, 0.15) is 5.58 Å². The minimum Gasteiger partial charge on any atom is -0.423 e. The Morgan fingerprint density at radius 3 is 2.67 bits per heavy atom. The van der Waals surface area contributed by atoms with Gasteiger partial charge in [-0.25, -0.2) is 4.79 Å². The van der Waals surface area contributed by atoms with Crippen LogP contribution in [0.2, 0.25) is 0 Å². The maximum Gasteiger partial charge on any atom is 0.338 e. The molecule has 2 aromatic carbocycles. The highest BCUT2D eigenvalue weighted by Crippen LogP contribution is 2.26. The van der Waals surface area contributed by atoms with Crippen molar-refractivity contribution in [1.29, 1.82) is 0 Å². The second-order valence-electron chi connectivity index (χ2n) is 8.09. The van der Waals surface area contributed by atoms with E-state index in [1.807, 2.05) is 12.1 Å². The Kier molecular flexibility index (Phi) is 6.53. The van der Waals surface area contributed by atoms with Crippen LogP contribution in [0.3, 0.4) is 0 Å².